The first kappa shape index (κ1) is 29.5. The maximum absolute atomic E-state index is 13.8. The Morgan fingerprint density at radius 2 is 1.87 bits per heavy atom. The predicted octanol–water partition coefficient (Wildman–Crippen LogP) is 3.14. The number of anilines is 1. The molecule has 0 radical (unpaired) electrons. The molecule has 5 aromatic rings. The van der Waals surface area contributed by atoms with Crippen LogP contribution in [0, 0.1) is 5.92 Å². The summed E-state index contributed by atoms with van der Waals surface area (Å²) >= 11 is 0. The third kappa shape index (κ3) is 5.81. The summed E-state index contributed by atoms with van der Waals surface area (Å²) in [6, 6.07) is 14.2. The minimum Gasteiger partial charge on any atom is -0.338 e. The second kappa shape index (κ2) is 12.3. The molecule has 13 heteroatoms. The number of H-pyrrole nitrogens is 1. The third-order valence-electron chi connectivity index (χ3n) is 8.94. The average molecular weight is 620 g/mol. The molecule has 7 rings (SSSR count). The lowest BCUT2D eigenvalue weighted by Crippen LogP contribution is -2.42. The zero-order valence-corrected chi connectivity index (χ0v) is 26.3. The maximum Gasteiger partial charge on any atom is 0.237 e. The van der Waals surface area contributed by atoms with Crippen LogP contribution in [0.4, 0.5) is 5.69 Å². The normalized spacial score (nSPS) is 17.1. The van der Waals surface area contributed by atoms with Crippen molar-refractivity contribution in [3.63, 3.8) is 0 Å². The number of aromatic nitrogens is 8. The van der Waals surface area contributed by atoms with Crippen LogP contribution in [-0.4, -0.2) is 101 Å². The van der Waals surface area contributed by atoms with Crippen LogP contribution in [0.2, 0.25) is 0 Å². The Bertz CT molecular complexity index is 1920. The van der Waals surface area contributed by atoms with Gasteiger partial charge in [0, 0.05) is 56.9 Å². The van der Waals surface area contributed by atoms with Crippen LogP contribution in [0.5, 0.6) is 0 Å². The van der Waals surface area contributed by atoms with Crippen LogP contribution in [0.1, 0.15) is 25.3 Å². The van der Waals surface area contributed by atoms with Crippen molar-refractivity contribution in [2.24, 2.45) is 20.0 Å². The molecule has 236 valence electrons. The minimum absolute atomic E-state index is 0.0803. The zero-order valence-electron chi connectivity index (χ0n) is 26.3. The Morgan fingerprint density at radius 3 is 2.57 bits per heavy atom. The van der Waals surface area contributed by atoms with Gasteiger partial charge in [-0.05, 0) is 55.6 Å². The molecular weight excluding hydrogens is 582 g/mol. The van der Waals surface area contributed by atoms with Crippen LogP contribution >= 0.6 is 0 Å². The summed E-state index contributed by atoms with van der Waals surface area (Å²) in [6.07, 6.45) is 7.06. The summed E-state index contributed by atoms with van der Waals surface area (Å²) in [4.78, 5) is 38.7. The van der Waals surface area contributed by atoms with E-state index >= 15 is 0 Å². The van der Waals surface area contributed by atoms with Gasteiger partial charge >= 0.3 is 0 Å². The lowest BCUT2D eigenvalue weighted by Gasteiger charge is -2.29. The molecule has 1 atom stereocenters. The van der Waals surface area contributed by atoms with Crippen molar-refractivity contribution in [3.05, 3.63) is 66.6 Å². The summed E-state index contributed by atoms with van der Waals surface area (Å²) in [5.41, 5.74) is 6.45. The molecule has 0 spiro atoms. The molecule has 13 nitrogen and oxygen atoms in total. The van der Waals surface area contributed by atoms with Gasteiger partial charge in [-0.15, -0.1) is 0 Å². The number of nitrogens with one attached hydrogen (secondary N) is 1. The van der Waals surface area contributed by atoms with Gasteiger partial charge in [-0.2, -0.15) is 25.2 Å². The highest BCUT2D eigenvalue weighted by Crippen LogP contribution is 2.31. The van der Waals surface area contributed by atoms with Crippen molar-refractivity contribution < 1.29 is 9.59 Å². The molecule has 2 aliphatic rings. The summed E-state index contributed by atoms with van der Waals surface area (Å²) in [5.74, 6) is 0.732. The number of nitrogens with zero attached hydrogens (tertiary/aromatic N) is 10. The van der Waals surface area contributed by atoms with E-state index in [0.717, 1.165) is 47.1 Å². The molecule has 3 aromatic heterocycles. The highest BCUT2D eigenvalue weighted by Gasteiger charge is 2.33. The van der Waals surface area contributed by atoms with Crippen molar-refractivity contribution in [1.82, 2.24) is 49.8 Å². The van der Waals surface area contributed by atoms with Crippen LogP contribution < -0.4 is 4.90 Å². The van der Waals surface area contributed by atoms with Crippen molar-refractivity contribution >= 4 is 34.0 Å². The fourth-order valence-electron chi connectivity index (χ4n) is 6.44. The van der Waals surface area contributed by atoms with E-state index in [1.807, 2.05) is 54.1 Å². The number of hydrogen-bond donors (Lipinski definition) is 1. The number of benzene rings is 2. The number of amides is 2. The molecular formula is C33H37N11O2. The lowest BCUT2D eigenvalue weighted by molar-refractivity contribution is -0.132. The molecule has 1 saturated heterocycles. The molecule has 1 N–H and O–H groups in total. The minimum atomic E-state index is -0.163. The van der Waals surface area contributed by atoms with Crippen molar-refractivity contribution in [3.8, 4) is 22.8 Å². The highest BCUT2D eigenvalue weighted by molar-refractivity contribution is 6.00. The topological polar surface area (TPSA) is 134 Å². The smallest absolute Gasteiger partial charge is 0.237 e. The number of rotatable bonds is 8. The van der Waals surface area contributed by atoms with Gasteiger partial charge < -0.3 is 9.80 Å². The first-order valence-corrected chi connectivity index (χ1v) is 15.7. The second-order valence-corrected chi connectivity index (χ2v) is 12.0. The van der Waals surface area contributed by atoms with E-state index in [2.05, 4.69) is 53.6 Å². The first-order valence-electron chi connectivity index (χ1n) is 15.7. The number of aryl methyl sites for hydroxylation is 2. The summed E-state index contributed by atoms with van der Waals surface area (Å²) < 4.78 is 1.69. The van der Waals surface area contributed by atoms with Gasteiger partial charge in [-0.1, -0.05) is 30.3 Å². The predicted molar refractivity (Wildman–Crippen MR) is 174 cm³/mol. The quantitative estimate of drug-likeness (QED) is 0.280. The van der Waals surface area contributed by atoms with E-state index < -0.39 is 0 Å². The number of likely N-dealkylation sites (tertiary alicyclic amines) is 1. The zero-order chi connectivity index (χ0) is 31.8. The van der Waals surface area contributed by atoms with Gasteiger partial charge in [-0.25, -0.2) is 4.98 Å². The third-order valence-corrected chi connectivity index (χ3v) is 8.94. The van der Waals surface area contributed by atoms with Crippen LogP contribution in [0.25, 0.3) is 39.3 Å². The molecule has 0 aliphatic carbocycles. The van der Waals surface area contributed by atoms with Crippen LogP contribution in [0.15, 0.2) is 61.1 Å². The Kier molecular flexibility index (Phi) is 7.91. The maximum atomic E-state index is 13.8. The molecule has 2 aromatic carbocycles. The summed E-state index contributed by atoms with van der Waals surface area (Å²) in [5, 5.41) is 21.3. The van der Waals surface area contributed by atoms with Crippen LogP contribution in [0.3, 0.4) is 0 Å². The molecule has 2 aliphatic heterocycles. The number of hydrogen-bond acceptors (Lipinski definition) is 8. The number of aromatic amines is 1. The number of carbonyl (C=O) groups excluding carboxylic acids is 2. The van der Waals surface area contributed by atoms with Gasteiger partial charge in [0.2, 0.25) is 11.8 Å². The fourth-order valence-corrected chi connectivity index (χ4v) is 6.44. The molecule has 2 amide bonds. The van der Waals surface area contributed by atoms with Gasteiger partial charge in [0.15, 0.2) is 5.82 Å². The van der Waals surface area contributed by atoms with E-state index in [1.165, 1.54) is 10.4 Å². The molecule has 1 fully saturated rings. The second-order valence-electron chi connectivity index (χ2n) is 12.0. The first-order chi connectivity index (χ1) is 22.4. The molecule has 0 saturated carbocycles. The van der Waals surface area contributed by atoms with Crippen LogP contribution in [-0.2, 0) is 23.7 Å². The highest BCUT2D eigenvalue weighted by atomic mass is 16.2. The average Bonchev–Trinajstić information content (AvgIpc) is 3.89. The Morgan fingerprint density at radius 1 is 1.04 bits per heavy atom. The Hall–Kier alpha value is -5.17. The Balaban J connectivity index is 0.952. The Labute approximate surface area is 266 Å². The van der Waals surface area contributed by atoms with Gasteiger partial charge in [0.05, 0.1) is 24.2 Å². The number of carbonyl (C=O) groups is 2. The van der Waals surface area contributed by atoms with E-state index in [1.54, 1.807) is 24.3 Å². The van der Waals surface area contributed by atoms with Crippen molar-refractivity contribution in [2.75, 3.05) is 44.2 Å². The molecule has 0 unspecified atom stereocenters. The molecule has 46 heavy (non-hydrogen) atoms. The SMILES string of the molecule is CCN(C(=O)[C@@H]1CCN(CC(=O)N2CC=C(c3ccc(-c4ncn(C)n4)cc3)CC2)C1)c1ccc2[nH]nc(-c3cnn(C)n3)c2c1. The van der Waals surface area contributed by atoms with Gasteiger partial charge in [-0.3, -0.25) is 24.3 Å². The standard InChI is InChI=1S/C33H37N11O2/c1-4-44(26-9-10-28-27(17-26)31(37-36-28)29-18-35-41(3)38-29)33(46)25-11-14-42(19-25)20-30(45)43-15-12-23(13-16-43)22-5-7-24(8-6-22)32-34-21-40(2)39-32/h5-10,12,17-18,21,25H,4,11,13-16,19-20H2,1-3H3,(H,36,37)/t25-/m1/s1. The summed E-state index contributed by atoms with van der Waals surface area (Å²) in [7, 11) is 3.62. The van der Waals surface area contributed by atoms with E-state index in [9.17, 15) is 9.59 Å². The molecule has 5 heterocycles. The van der Waals surface area contributed by atoms with Crippen molar-refractivity contribution in [1.29, 1.82) is 0 Å². The largest absolute Gasteiger partial charge is 0.338 e. The van der Waals surface area contributed by atoms with E-state index in [-0.39, 0.29) is 17.7 Å². The van der Waals surface area contributed by atoms with E-state index in [0.29, 0.717) is 49.9 Å². The van der Waals surface area contributed by atoms with Gasteiger partial charge in [0.25, 0.3) is 0 Å². The van der Waals surface area contributed by atoms with E-state index in [4.69, 9.17) is 0 Å². The van der Waals surface area contributed by atoms with Gasteiger partial charge in [0.1, 0.15) is 17.7 Å². The summed E-state index contributed by atoms with van der Waals surface area (Å²) in [6.45, 7) is 5.43. The van der Waals surface area contributed by atoms with Crippen molar-refractivity contribution in [2.45, 2.75) is 19.8 Å². The fraction of sp³-hybridized carbons (Fsp3) is 0.364. The number of fused-ring (bicyclic) bond motifs is 1. The monoisotopic (exact) mass is 619 g/mol. The molecule has 0 bridgehead atoms. The lowest BCUT2D eigenvalue weighted by atomic mass is 9.98.